The van der Waals surface area contributed by atoms with Crippen LogP contribution in [0.2, 0.25) is 0 Å². The second kappa shape index (κ2) is 15.3. The van der Waals surface area contributed by atoms with Gasteiger partial charge < -0.3 is 68.9 Å². The van der Waals surface area contributed by atoms with Crippen molar-refractivity contribution >= 4 is 11.9 Å². The maximum atomic E-state index is 12.4. The van der Waals surface area contributed by atoms with Crippen LogP contribution in [0.3, 0.4) is 0 Å². The van der Waals surface area contributed by atoms with Crippen molar-refractivity contribution in [1.82, 2.24) is 0 Å². The van der Waals surface area contributed by atoms with Crippen molar-refractivity contribution in [2.24, 2.45) is 44.8 Å². The summed E-state index contributed by atoms with van der Waals surface area (Å²) in [6.07, 6.45) is -7.80. The van der Waals surface area contributed by atoms with Gasteiger partial charge in [0.1, 0.15) is 30.5 Å². The van der Waals surface area contributed by atoms with Crippen LogP contribution in [0.15, 0.2) is 0 Å². The highest BCUT2D eigenvalue weighted by Crippen LogP contribution is 2.89. The predicted octanol–water partition coefficient (Wildman–Crippen LogP) is 1.87. The van der Waals surface area contributed by atoms with Crippen molar-refractivity contribution in [1.29, 1.82) is 0 Å². The summed E-state index contributed by atoms with van der Waals surface area (Å²) in [5.41, 5.74) is -3.46. The third-order valence-electron chi connectivity index (χ3n) is 18.2. The lowest BCUT2D eigenvalue weighted by atomic mass is 9.41. The van der Waals surface area contributed by atoms with E-state index in [2.05, 4.69) is 34.6 Å². The molecule has 348 valence electrons. The first-order valence-corrected chi connectivity index (χ1v) is 22.6. The van der Waals surface area contributed by atoms with Gasteiger partial charge in [-0.25, -0.2) is 0 Å². The van der Waals surface area contributed by atoms with Gasteiger partial charge in [-0.3, -0.25) is 9.59 Å². The standard InChI is InChI=1S/C45H72O16/c1-21(47)56-33-24(50)19-55-38(34(33)57-22(2)48)60-28-11-13-45-20-44(45)15-14-41(7)35(43(9)12-10-29(61-43)40(5,6)54)23(49)17-42(41,8)27(44)16-25(36(45)39(28,3)4)58-37-32(53)31(52)30(51)26(18-46)59-37/h23-38,46,49-54H,10-20H2,1-9H3. The van der Waals surface area contributed by atoms with Crippen LogP contribution in [-0.2, 0) is 42.7 Å². The molecule has 0 aromatic rings. The average Bonchev–Trinajstić information content (AvgIpc) is 3.52. The third-order valence-corrected chi connectivity index (χ3v) is 18.2. The largest absolute Gasteiger partial charge is 0.455 e. The van der Waals surface area contributed by atoms with Crippen LogP contribution in [0.4, 0.5) is 0 Å². The quantitative estimate of drug-likeness (QED) is 0.129. The summed E-state index contributed by atoms with van der Waals surface area (Å²) in [5, 5.41) is 77.1. The van der Waals surface area contributed by atoms with Crippen molar-refractivity contribution in [2.75, 3.05) is 13.2 Å². The lowest BCUT2D eigenvalue weighted by Gasteiger charge is -2.65. The van der Waals surface area contributed by atoms with E-state index in [1.807, 2.05) is 0 Å². The fourth-order valence-corrected chi connectivity index (χ4v) is 15.5. The van der Waals surface area contributed by atoms with Crippen LogP contribution in [0.5, 0.6) is 0 Å². The highest BCUT2D eigenvalue weighted by molar-refractivity contribution is 5.67. The Balaban J connectivity index is 1.15. The summed E-state index contributed by atoms with van der Waals surface area (Å²) in [5.74, 6) is -1.67. The van der Waals surface area contributed by atoms with Crippen molar-refractivity contribution < 1.29 is 78.5 Å². The Bertz CT molecular complexity index is 1680. The Morgan fingerprint density at radius 2 is 1.43 bits per heavy atom. The van der Waals surface area contributed by atoms with Gasteiger partial charge in [0.15, 0.2) is 24.8 Å². The lowest BCUT2D eigenvalue weighted by Crippen LogP contribution is -2.65. The van der Waals surface area contributed by atoms with Gasteiger partial charge in [0.05, 0.1) is 48.8 Å². The number of carbonyl (C=O) groups excluding carboxylic acids is 2. The van der Waals surface area contributed by atoms with Gasteiger partial charge >= 0.3 is 11.9 Å². The van der Waals surface area contributed by atoms with Gasteiger partial charge in [-0.2, -0.15) is 0 Å². The van der Waals surface area contributed by atoms with E-state index in [1.165, 1.54) is 13.8 Å². The lowest BCUT2D eigenvalue weighted by molar-refractivity contribution is -0.339. The van der Waals surface area contributed by atoms with Crippen LogP contribution in [-0.4, -0.2) is 152 Å². The van der Waals surface area contributed by atoms with Crippen LogP contribution < -0.4 is 0 Å². The molecule has 61 heavy (non-hydrogen) atoms. The summed E-state index contributed by atoms with van der Waals surface area (Å²) in [7, 11) is 0. The van der Waals surface area contributed by atoms with E-state index >= 15 is 0 Å². The molecule has 7 N–H and O–H groups in total. The Kier molecular flexibility index (Phi) is 11.5. The van der Waals surface area contributed by atoms with Gasteiger partial charge in [0.2, 0.25) is 0 Å². The summed E-state index contributed by atoms with van der Waals surface area (Å²) in [6, 6.07) is 0. The Labute approximate surface area is 358 Å². The van der Waals surface area contributed by atoms with E-state index in [0.29, 0.717) is 25.7 Å². The first kappa shape index (κ1) is 46.0. The molecule has 8 aliphatic rings. The molecule has 3 aliphatic heterocycles. The summed E-state index contributed by atoms with van der Waals surface area (Å²) in [4.78, 5) is 24.5. The van der Waals surface area contributed by atoms with Crippen molar-refractivity contribution in [3.63, 3.8) is 0 Å². The Morgan fingerprint density at radius 1 is 0.754 bits per heavy atom. The fourth-order valence-electron chi connectivity index (χ4n) is 15.5. The molecule has 0 radical (unpaired) electrons. The number of esters is 2. The van der Waals surface area contributed by atoms with Crippen LogP contribution in [0.1, 0.15) is 120 Å². The first-order chi connectivity index (χ1) is 28.3. The molecule has 3 saturated heterocycles. The van der Waals surface area contributed by atoms with Gasteiger partial charge in [0.25, 0.3) is 0 Å². The second-order valence-corrected chi connectivity index (χ2v) is 22.2. The molecule has 2 spiro atoms. The van der Waals surface area contributed by atoms with E-state index < -0.39 is 109 Å². The average molecular weight is 869 g/mol. The third kappa shape index (κ3) is 6.89. The fraction of sp³-hybridized carbons (Fsp3) is 0.956. The van der Waals surface area contributed by atoms with Gasteiger partial charge in [-0.1, -0.05) is 27.7 Å². The molecule has 0 bridgehead atoms. The Morgan fingerprint density at radius 3 is 2.05 bits per heavy atom. The molecule has 0 aromatic carbocycles. The Hall–Kier alpha value is -1.54. The van der Waals surface area contributed by atoms with E-state index in [4.69, 9.17) is 33.2 Å². The van der Waals surface area contributed by atoms with E-state index in [0.717, 1.165) is 32.1 Å². The number of hydrogen-bond donors (Lipinski definition) is 7. The van der Waals surface area contributed by atoms with E-state index in [9.17, 15) is 45.3 Å². The molecule has 21 unspecified atom stereocenters. The minimum atomic E-state index is -1.63. The smallest absolute Gasteiger partial charge is 0.303 e. The number of carbonyl (C=O) groups is 2. The summed E-state index contributed by atoms with van der Waals surface area (Å²) < 4.78 is 43.6. The van der Waals surface area contributed by atoms with Crippen LogP contribution >= 0.6 is 0 Å². The minimum Gasteiger partial charge on any atom is -0.455 e. The van der Waals surface area contributed by atoms with Gasteiger partial charge in [-0.15, -0.1) is 0 Å². The molecular weight excluding hydrogens is 796 g/mol. The number of fused-ring (bicyclic) bond motifs is 2. The summed E-state index contributed by atoms with van der Waals surface area (Å²) in [6.45, 7) is 16.1. The van der Waals surface area contributed by atoms with Crippen molar-refractivity contribution in [2.45, 2.75) is 211 Å². The van der Waals surface area contributed by atoms with E-state index in [-0.39, 0.29) is 52.1 Å². The summed E-state index contributed by atoms with van der Waals surface area (Å²) >= 11 is 0. The van der Waals surface area contributed by atoms with Crippen molar-refractivity contribution in [3.8, 4) is 0 Å². The molecule has 8 rings (SSSR count). The van der Waals surface area contributed by atoms with E-state index in [1.54, 1.807) is 13.8 Å². The number of aliphatic hydroxyl groups excluding tert-OH is 6. The zero-order chi connectivity index (χ0) is 44.6. The molecule has 21 atom stereocenters. The zero-order valence-corrected chi connectivity index (χ0v) is 37.3. The van der Waals surface area contributed by atoms with Crippen LogP contribution in [0, 0.1) is 44.8 Å². The number of hydrogen-bond acceptors (Lipinski definition) is 16. The molecular formula is C45H72O16. The predicted molar refractivity (Wildman–Crippen MR) is 213 cm³/mol. The molecule has 5 saturated carbocycles. The number of rotatable bonds is 9. The molecule has 16 nitrogen and oxygen atoms in total. The monoisotopic (exact) mass is 868 g/mol. The molecule has 0 amide bonds. The molecule has 3 heterocycles. The minimum absolute atomic E-state index is 0.0638. The zero-order valence-electron chi connectivity index (χ0n) is 37.3. The SMILES string of the molecule is CC(=O)OC1C(O)COC(OC2CCC34CC35CCC3(C)C(C6(C)CCC(C(C)(C)O)O6)C(O)CC3(C)C5CC(OC3OC(CO)C(O)C(O)C3O)C4C2(C)C)C1OC(C)=O. The highest BCUT2D eigenvalue weighted by Gasteiger charge is 2.85. The first-order valence-electron chi connectivity index (χ1n) is 22.6. The number of ether oxygens (including phenoxy) is 7. The van der Waals surface area contributed by atoms with Gasteiger partial charge in [0, 0.05) is 19.8 Å². The highest BCUT2D eigenvalue weighted by atomic mass is 16.7. The molecule has 5 aliphatic carbocycles. The van der Waals surface area contributed by atoms with Crippen molar-refractivity contribution in [3.05, 3.63) is 0 Å². The number of aliphatic hydroxyl groups is 7. The second-order valence-electron chi connectivity index (χ2n) is 22.2. The van der Waals surface area contributed by atoms with Gasteiger partial charge in [-0.05, 0) is 117 Å². The topological polar surface area (TPSA) is 240 Å². The molecule has 8 fully saturated rings. The normalized spacial score (nSPS) is 53.8. The van der Waals surface area contributed by atoms with Crippen LogP contribution in [0.25, 0.3) is 0 Å². The molecule has 16 heteroatoms. The maximum absolute atomic E-state index is 12.4. The molecule has 0 aromatic heterocycles. The maximum Gasteiger partial charge on any atom is 0.303 e.